The van der Waals surface area contributed by atoms with Gasteiger partial charge in [-0.15, -0.1) is 0 Å². The van der Waals surface area contributed by atoms with E-state index in [2.05, 4.69) is 19.4 Å². The van der Waals surface area contributed by atoms with Crippen LogP contribution in [0.25, 0.3) is 0 Å². The van der Waals surface area contributed by atoms with Crippen LogP contribution >= 0.6 is 0 Å². The first kappa shape index (κ1) is 6.45. The zero-order valence-corrected chi connectivity index (χ0v) is 6.64. The predicted molar refractivity (Wildman–Crippen MR) is 43.5 cm³/mol. The van der Waals surface area contributed by atoms with E-state index in [9.17, 15) is 0 Å². The summed E-state index contributed by atoms with van der Waals surface area (Å²) in [5.74, 6) is 2.00. The monoisotopic (exact) mass is 135 g/mol. The van der Waals surface area contributed by atoms with Crippen molar-refractivity contribution in [3.05, 3.63) is 18.1 Å². The summed E-state index contributed by atoms with van der Waals surface area (Å²) < 4.78 is 0. The molecule has 0 aliphatic heterocycles. The van der Waals surface area contributed by atoms with Crippen LogP contribution in [0.2, 0.25) is 0 Å². The summed E-state index contributed by atoms with van der Waals surface area (Å²) in [5, 5.41) is 0. The fraction of sp³-hybridized carbons (Fsp3) is 0.700. The van der Waals surface area contributed by atoms with Crippen molar-refractivity contribution in [3.63, 3.8) is 0 Å². The highest BCUT2D eigenvalue weighted by atomic mass is 14.4. The fourth-order valence-corrected chi connectivity index (χ4v) is 2.53. The summed E-state index contributed by atoms with van der Waals surface area (Å²) in [4.78, 5) is 0. The van der Waals surface area contributed by atoms with E-state index in [4.69, 9.17) is 0 Å². The average Bonchev–Trinajstić information content (AvgIpc) is 2.44. The Kier molecular flexibility index (Phi) is 1.55. The Bertz CT molecular complexity index is 155. The maximum absolute atomic E-state index is 2.44. The van der Waals surface area contributed by atoms with Crippen LogP contribution in [0.4, 0.5) is 0 Å². The van der Waals surface area contributed by atoms with E-state index < -0.39 is 0 Å². The first-order valence-electron chi connectivity index (χ1n) is 4.41. The van der Waals surface area contributed by atoms with Crippen molar-refractivity contribution in [2.45, 2.75) is 32.6 Å². The molecule has 1 fully saturated rings. The molecule has 1 saturated carbocycles. The molecule has 2 unspecified atom stereocenters. The quantitative estimate of drug-likeness (QED) is 0.518. The summed E-state index contributed by atoms with van der Waals surface area (Å²) in [6.45, 7) is 2.17. The third-order valence-corrected chi connectivity index (χ3v) is 3.08. The molecular formula is C10H15. The molecule has 0 spiro atoms. The molecule has 0 N–H and O–H groups in total. The zero-order chi connectivity index (χ0) is 6.97. The summed E-state index contributed by atoms with van der Waals surface area (Å²) in [6, 6.07) is 0. The van der Waals surface area contributed by atoms with Gasteiger partial charge in [0.25, 0.3) is 0 Å². The molecule has 0 heteroatoms. The van der Waals surface area contributed by atoms with Crippen molar-refractivity contribution in [3.8, 4) is 0 Å². The topological polar surface area (TPSA) is 0 Å². The summed E-state index contributed by atoms with van der Waals surface area (Å²) in [6.07, 6.45) is 10.5. The number of hydrogen-bond donors (Lipinski definition) is 0. The molecule has 2 aliphatic rings. The van der Waals surface area contributed by atoms with E-state index in [1.54, 1.807) is 5.57 Å². The molecule has 0 aromatic heterocycles. The largest absolute Gasteiger partial charge is 0.0845 e. The summed E-state index contributed by atoms with van der Waals surface area (Å²) in [7, 11) is 0. The molecule has 10 heavy (non-hydrogen) atoms. The second kappa shape index (κ2) is 2.41. The van der Waals surface area contributed by atoms with Crippen LogP contribution in [-0.2, 0) is 0 Å². The Morgan fingerprint density at radius 1 is 1.50 bits per heavy atom. The van der Waals surface area contributed by atoms with E-state index in [0.717, 1.165) is 11.8 Å². The van der Waals surface area contributed by atoms with Gasteiger partial charge in [-0.3, -0.25) is 0 Å². The highest BCUT2D eigenvalue weighted by Gasteiger charge is 2.32. The van der Waals surface area contributed by atoms with Gasteiger partial charge in [-0.1, -0.05) is 25.0 Å². The van der Waals surface area contributed by atoms with Gasteiger partial charge in [0, 0.05) is 0 Å². The highest BCUT2D eigenvalue weighted by molar-refractivity contribution is 5.23. The lowest BCUT2D eigenvalue weighted by Crippen LogP contribution is -2.02. The van der Waals surface area contributed by atoms with Crippen LogP contribution in [0, 0.1) is 18.3 Å². The fourth-order valence-electron chi connectivity index (χ4n) is 2.53. The van der Waals surface area contributed by atoms with Crippen LogP contribution < -0.4 is 0 Å². The molecule has 2 atom stereocenters. The van der Waals surface area contributed by atoms with E-state index in [1.807, 2.05) is 0 Å². The average molecular weight is 135 g/mol. The highest BCUT2D eigenvalue weighted by Crippen LogP contribution is 2.44. The minimum Gasteiger partial charge on any atom is -0.0845 e. The van der Waals surface area contributed by atoms with E-state index in [1.165, 1.54) is 25.7 Å². The standard InChI is InChI=1S/C10H15/c1-2-8-6-7-9-4-3-5-10(8)9/h2,6,9-10H,3-5,7H2,1H3. The van der Waals surface area contributed by atoms with Gasteiger partial charge in [0.05, 0.1) is 0 Å². The Labute approximate surface area is 63.3 Å². The Hall–Kier alpha value is -0.260. The molecule has 2 aliphatic carbocycles. The van der Waals surface area contributed by atoms with Crippen molar-refractivity contribution in [2.75, 3.05) is 0 Å². The second-order valence-electron chi connectivity index (χ2n) is 3.53. The van der Waals surface area contributed by atoms with Crippen LogP contribution in [-0.4, -0.2) is 0 Å². The van der Waals surface area contributed by atoms with Crippen molar-refractivity contribution in [1.82, 2.24) is 0 Å². The first-order valence-corrected chi connectivity index (χ1v) is 4.41. The molecule has 0 aromatic carbocycles. The molecule has 0 aromatic rings. The number of fused-ring (bicyclic) bond motifs is 1. The minimum atomic E-state index is 0.963. The van der Waals surface area contributed by atoms with Gasteiger partial charge >= 0.3 is 0 Å². The molecule has 0 bridgehead atoms. The van der Waals surface area contributed by atoms with Gasteiger partial charge < -0.3 is 0 Å². The van der Waals surface area contributed by atoms with Gasteiger partial charge in [-0.05, 0) is 37.5 Å². The maximum atomic E-state index is 2.44. The van der Waals surface area contributed by atoms with E-state index in [0.29, 0.717) is 0 Å². The number of allylic oxidation sites excluding steroid dienone is 2. The molecule has 0 heterocycles. The lowest BCUT2D eigenvalue weighted by atomic mass is 9.94. The van der Waals surface area contributed by atoms with Crippen molar-refractivity contribution < 1.29 is 0 Å². The molecular weight excluding hydrogens is 120 g/mol. The zero-order valence-electron chi connectivity index (χ0n) is 6.64. The number of hydrogen-bond acceptors (Lipinski definition) is 0. The summed E-state index contributed by atoms with van der Waals surface area (Å²) in [5.41, 5.74) is 1.64. The molecule has 2 rings (SSSR count). The SMILES string of the molecule is C[CH]C1=CCC2CCCC12. The molecule has 0 nitrogen and oxygen atoms in total. The van der Waals surface area contributed by atoms with Gasteiger partial charge in [-0.25, -0.2) is 0 Å². The summed E-state index contributed by atoms with van der Waals surface area (Å²) >= 11 is 0. The van der Waals surface area contributed by atoms with Crippen LogP contribution in [0.3, 0.4) is 0 Å². The minimum absolute atomic E-state index is 0.963. The Balaban J connectivity index is 2.10. The van der Waals surface area contributed by atoms with Gasteiger partial charge in [0.1, 0.15) is 0 Å². The Morgan fingerprint density at radius 3 is 3.20 bits per heavy atom. The first-order chi connectivity index (χ1) is 4.92. The molecule has 1 radical (unpaired) electrons. The third-order valence-electron chi connectivity index (χ3n) is 3.08. The molecule has 0 saturated heterocycles. The van der Waals surface area contributed by atoms with Crippen LogP contribution in [0.1, 0.15) is 32.6 Å². The van der Waals surface area contributed by atoms with Gasteiger partial charge in [-0.2, -0.15) is 0 Å². The lowest BCUT2D eigenvalue weighted by molar-refractivity contribution is 0.483. The van der Waals surface area contributed by atoms with E-state index in [-0.39, 0.29) is 0 Å². The van der Waals surface area contributed by atoms with Crippen molar-refractivity contribution in [2.24, 2.45) is 11.8 Å². The van der Waals surface area contributed by atoms with Crippen LogP contribution in [0.15, 0.2) is 11.6 Å². The van der Waals surface area contributed by atoms with Gasteiger partial charge in [0.2, 0.25) is 0 Å². The van der Waals surface area contributed by atoms with Crippen LogP contribution in [0.5, 0.6) is 0 Å². The maximum Gasteiger partial charge on any atom is -0.0166 e. The van der Waals surface area contributed by atoms with Gasteiger partial charge in [0.15, 0.2) is 0 Å². The Morgan fingerprint density at radius 2 is 2.40 bits per heavy atom. The van der Waals surface area contributed by atoms with Crippen molar-refractivity contribution >= 4 is 0 Å². The van der Waals surface area contributed by atoms with Crippen molar-refractivity contribution in [1.29, 1.82) is 0 Å². The second-order valence-corrected chi connectivity index (χ2v) is 3.53. The lowest BCUT2D eigenvalue weighted by Gasteiger charge is -2.11. The normalized spacial score (nSPS) is 37.9. The van der Waals surface area contributed by atoms with E-state index >= 15 is 0 Å². The predicted octanol–water partition coefficient (Wildman–Crippen LogP) is 2.96. The molecule has 55 valence electrons. The number of rotatable bonds is 1. The smallest absolute Gasteiger partial charge is 0.0166 e. The third kappa shape index (κ3) is 0.817. The molecule has 0 amide bonds.